The average molecular weight is 484 g/mol. The summed E-state index contributed by atoms with van der Waals surface area (Å²) in [5, 5.41) is 0. The van der Waals surface area contributed by atoms with Gasteiger partial charge in [-0.3, -0.25) is 9.11 Å². The average Bonchev–Trinajstić information content (AvgIpc) is 2.67. The molecule has 0 aromatic heterocycles. The molecule has 0 bridgehead atoms. The maximum absolute atomic E-state index is 10.6. The summed E-state index contributed by atoms with van der Waals surface area (Å²) in [5.74, 6) is 0. The Bertz CT molecular complexity index is 1280. The number of benzene rings is 3. The summed E-state index contributed by atoms with van der Waals surface area (Å²) in [7, 11) is -8.34. The van der Waals surface area contributed by atoms with Crippen LogP contribution in [-0.2, 0) is 20.2 Å². The zero-order chi connectivity index (χ0) is 24.7. The zero-order valence-corrected chi connectivity index (χ0v) is 18.6. The fourth-order valence-corrected chi connectivity index (χ4v) is 3.24. The largest absolute Gasteiger partial charge is 0.399 e. The molecule has 0 spiro atoms. The first-order valence-electron chi connectivity index (χ1n) is 8.68. The van der Waals surface area contributed by atoms with Crippen LogP contribution in [0.3, 0.4) is 0 Å². The van der Waals surface area contributed by atoms with Crippen LogP contribution in [0.4, 0.5) is 28.4 Å². The Hall–Kier alpha value is -3.52. The molecule has 0 saturated heterocycles. The first kappa shape index (κ1) is 26.5. The normalized spacial score (nSPS) is 10.8. The van der Waals surface area contributed by atoms with Crippen LogP contribution in [0.1, 0.15) is 5.56 Å². The Morgan fingerprint density at radius 1 is 0.594 bits per heavy atom. The number of aryl methyl sites for hydroxylation is 1. The third-order valence-electron chi connectivity index (χ3n) is 3.79. The van der Waals surface area contributed by atoms with Gasteiger partial charge in [0.1, 0.15) is 4.90 Å². The first-order valence-corrected chi connectivity index (χ1v) is 11.6. The smallest absolute Gasteiger partial charge is 0.296 e. The van der Waals surface area contributed by atoms with Crippen molar-refractivity contribution in [2.75, 3.05) is 28.7 Å². The van der Waals surface area contributed by atoms with Gasteiger partial charge in [-0.05, 0) is 73.2 Å². The van der Waals surface area contributed by atoms with E-state index in [4.69, 9.17) is 37.8 Å². The van der Waals surface area contributed by atoms with Crippen LogP contribution in [-0.4, -0.2) is 25.9 Å². The molecule has 0 atom stereocenters. The molecule has 12 N–H and O–H groups in total. The minimum Gasteiger partial charge on any atom is -0.399 e. The lowest BCUT2D eigenvalue weighted by Crippen LogP contribution is -2.03. The molecule has 174 valence electrons. The van der Waals surface area contributed by atoms with Crippen molar-refractivity contribution >= 4 is 48.7 Å². The van der Waals surface area contributed by atoms with Gasteiger partial charge in [0.05, 0.1) is 10.6 Å². The summed E-state index contributed by atoms with van der Waals surface area (Å²) in [6.45, 7) is 1.94. The van der Waals surface area contributed by atoms with Gasteiger partial charge in [0.25, 0.3) is 20.2 Å². The molecule has 3 rings (SSSR count). The number of hydrogen-bond acceptors (Lipinski definition) is 9. The quantitative estimate of drug-likeness (QED) is 0.204. The van der Waals surface area contributed by atoms with Crippen LogP contribution < -0.4 is 28.7 Å². The molecule has 0 aliphatic carbocycles. The highest BCUT2D eigenvalue weighted by molar-refractivity contribution is 7.86. The van der Waals surface area contributed by atoms with E-state index in [1.54, 1.807) is 6.07 Å². The van der Waals surface area contributed by atoms with Crippen LogP contribution in [0.2, 0.25) is 0 Å². The van der Waals surface area contributed by atoms with Crippen molar-refractivity contribution in [1.29, 1.82) is 0 Å². The van der Waals surface area contributed by atoms with Crippen LogP contribution >= 0.6 is 0 Å². The fraction of sp³-hybridized carbons (Fsp3) is 0.0526. The van der Waals surface area contributed by atoms with Gasteiger partial charge in [-0.15, -0.1) is 0 Å². The summed E-state index contributed by atoms with van der Waals surface area (Å²) < 4.78 is 59.3. The lowest BCUT2D eigenvalue weighted by Gasteiger charge is -2.02. The van der Waals surface area contributed by atoms with Gasteiger partial charge in [-0.2, -0.15) is 16.8 Å². The van der Waals surface area contributed by atoms with Crippen LogP contribution in [0, 0.1) is 6.92 Å². The lowest BCUT2D eigenvalue weighted by molar-refractivity contribution is 0.481. The third kappa shape index (κ3) is 8.69. The molecular formula is C19H25N5O6S2. The monoisotopic (exact) mass is 483 g/mol. The second-order valence-electron chi connectivity index (χ2n) is 6.43. The number of nitrogen functional groups attached to an aromatic ring is 5. The predicted octanol–water partition coefficient (Wildman–Crippen LogP) is 1.77. The highest BCUT2D eigenvalue weighted by atomic mass is 32.2. The predicted molar refractivity (Wildman–Crippen MR) is 126 cm³/mol. The SMILES string of the molecule is Cc1cc(N)ccc1N.Nc1ccc(N)c(S(=O)(=O)O)c1.Nc1ccc(S(=O)(=O)O)cc1. The summed E-state index contributed by atoms with van der Waals surface area (Å²) in [5.41, 5.74) is 30.1. The molecule has 11 nitrogen and oxygen atoms in total. The van der Waals surface area contributed by atoms with Gasteiger partial charge in [0.2, 0.25) is 0 Å². The van der Waals surface area contributed by atoms with E-state index in [0.29, 0.717) is 5.69 Å². The van der Waals surface area contributed by atoms with E-state index in [-0.39, 0.29) is 21.2 Å². The highest BCUT2D eigenvalue weighted by Crippen LogP contribution is 2.20. The van der Waals surface area contributed by atoms with Crippen molar-refractivity contribution in [2.45, 2.75) is 16.7 Å². The number of anilines is 5. The molecule has 0 saturated carbocycles. The molecule has 0 unspecified atom stereocenters. The maximum Gasteiger partial charge on any atom is 0.296 e. The molecule has 3 aromatic carbocycles. The van der Waals surface area contributed by atoms with Gasteiger partial charge in [0.15, 0.2) is 0 Å². The summed E-state index contributed by atoms with van der Waals surface area (Å²) in [6.07, 6.45) is 0. The highest BCUT2D eigenvalue weighted by Gasteiger charge is 2.13. The third-order valence-corrected chi connectivity index (χ3v) is 5.56. The number of hydrogen-bond donors (Lipinski definition) is 7. The van der Waals surface area contributed by atoms with Crippen molar-refractivity contribution < 1.29 is 25.9 Å². The Kier molecular flexibility index (Phi) is 8.85. The minimum absolute atomic E-state index is 0.0216. The van der Waals surface area contributed by atoms with Crippen LogP contribution in [0.25, 0.3) is 0 Å². The van der Waals surface area contributed by atoms with Gasteiger partial charge >= 0.3 is 0 Å². The molecule has 0 aliphatic rings. The second-order valence-corrected chi connectivity index (χ2v) is 9.24. The van der Waals surface area contributed by atoms with Crippen molar-refractivity contribution in [1.82, 2.24) is 0 Å². The summed E-state index contributed by atoms with van der Waals surface area (Å²) in [4.78, 5) is -0.505. The Labute approximate surface area is 186 Å². The van der Waals surface area contributed by atoms with E-state index in [0.717, 1.165) is 23.0 Å². The van der Waals surface area contributed by atoms with Crippen molar-refractivity contribution in [3.8, 4) is 0 Å². The topological polar surface area (TPSA) is 239 Å². The summed E-state index contributed by atoms with van der Waals surface area (Å²) in [6, 6.07) is 14.6. The van der Waals surface area contributed by atoms with Gasteiger partial charge in [-0.25, -0.2) is 0 Å². The molecule has 3 aromatic rings. The van der Waals surface area contributed by atoms with E-state index in [1.165, 1.54) is 36.4 Å². The van der Waals surface area contributed by atoms with Gasteiger partial charge in [-0.1, -0.05) is 0 Å². The van der Waals surface area contributed by atoms with Crippen LogP contribution in [0.5, 0.6) is 0 Å². The molecule has 13 heteroatoms. The van der Waals surface area contributed by atoms with E-state index in [2.05, 4.69) is 0 Å². The van der Waals surface area contributed by atoms with E-state index in [1.807, 2.05) is 19.1 Å². The molecule has 0 fully saturated rings. The second kappa shape index (κ2) is 10.7. The van der Waals surface area contributed by atoms with Crippen molar-refractivity contribution in [3.05, 3.63) is 66.2 Å². The Morgan fingerprint density at radius 3 is 1.41 bits per heavy atom. The van der Waals surface area contributed by atoms with Crippen LogP contribution in [0.15, 0.2) is 70.5 Å². The first-order chi connectivity index (χ1) is 14.6. The van der Waals surface area contributed by atoms with E-state index >= 15 is 0 Å². The lowest BCUT2D eigenvalue weighted by atomic mass is 10.2. The minimum atomic E-state index is -4.26. The fourth-order valence-electron chi connectivity index (χ4n) is 2.11. The summed E-state index contributed by atoms with van der Waals surface area (Å²) >= 11 is 0. The Morgan fingerprint density at radius 2 is 1.03 bits per heavy atom. The molecule has 32 heavy (non-hydrogen) atoms. The standard InChI is InChI=1S/C7H10N2.C6H8N2O3S.C6H7NO3S/c1-5-4-6(8)2-3-7(5)9;7-4-1-2-5(8)6(3-4)12(9,10)11;7-5-1-3-6(4-2-5)11(8,9)10/h2-4H,8-9H2,1H3;1-3H,7-8H2,(H,9,10,11);1-4H,7H2,(H,8,9,10). The number of rotatable bonds is 2. The van der Waals surface area contributed by atoms with E-state index in [9.17, 15) is 16.8 Å². The van der Waals surface area contributed by atoms with Crippen molar-refractivity contribution in [2.24, 2.45) is 0 Å². The van der Waals surface area contributed by atoms with E-state index < -0.39 is 20.2 Å². The number of nitrogens with two attached hydrogens (primary N) is 5. The van der Waals surface area contributed by atoms with Crippen molar-refractivity contribution in [3.63, 3.8) is 0 Å². The van der Waals surface area contributed by atoms with Gasteiger partial charge in [0, 0.05) is 22.7 Å². The molecule has 0 aliphatic heterocycles. The molecule has 0 radical (unpaired) electrons. The van der Waals surface area contributed by atoms with Gasteiger partial charge < -0.3 is 28.7 Å². The Balaban J connectivity index is 0.000000242. The maximum atomic E-state index is 10.6. The molecular weight excluding hydrogens is 458 g/mol. The molecule has 0 amide bonds. The molecule has 0 heterocycles. The zero-order valence-electron chi connectivity index (χ0n) is 17.0.